The van der Waals surface area contributed by atoms with Crippen molar-refractivity contribution in [3.63, 3.8) is 0 Å². The third-order valence-electron chi connectivity index (χ3n) is 6.94. The van der Waals surface area contributed by atoms with Crippen LogP contribution in [0.3, 0.4) is 0 Å². The van der Waals surface area contributed by atoms with E-state index in [0.29, 0.717) is 28.8 Å². The summed E-state index contributed by atoms with van der Waals surface area (Å²) < 4.78 is 0. The molecule has 0 spiro atoms. The van der Waals surface area contributed by atoms with Gasteiger partial charge in [-0.2, -0.15) is 0 Å². The van der Waals surface area contributed by atoms with Crippen LogP contribution in [0, 0.1) is 6.92 Å². The van der Waals surface area contributed by atoms with Crippen LogP contribution < -0.4 is 5.32 Å². The third-order valence-corrected chi connectivity index (χ3v) is 8.50. The first kappa shape index (κ1) is 28.5. The maximum Gasteiger partial charge on any atom is 0.243 e. The van der Waals surface area contributed by atoms with E-state index in [4.69, 9.17) is 23.2 Å². The molecule has 1 N–H and O–H groups in total. The average molecular weight is 570 g/mol. The molecule has 3 aromatic rings. The van der Waals surface area contributed by atoms with E-state index in [0.717, 1.165) is 47.9 Å². The van der Waals surface area contributed by atoms with Crippen molar-refractivity contribution in [1.29, 1.82) is 0 Å². The quantitative estimate of drug-likeness (QED) is 0.265. The SMILES string of the molecule is Cc1ccc(CN(C(=O)CSCc2ccc(Cl)cc2Cl)[C@@H](Cc2ccccc2)C(=O)NC2CCCC2)cc1. The van der Waals surface area contributed by atoms with Gasteiger partial charge in [-0.25, -0.2) is 0 Å². The van der Waals surface area contributed by atoms with Crippen LogP contribution in [0.5, 0.6) is 0 Å². The van der Waals surface area contributed by atoms with Gasteiger partial charge in [-0.3, -0.25) is 9.59 Å². The van der Waals surface area contributed by atoms with Gasteiger partial charge in [0.2, 0.25) is 11.8 Å². The largest absolute Gasteiger partial charge is 0.352 e. The minimum Gasteiger partial charge on any atom is -0.352 e. The van der Waals surface area contributed by atoms with Gasteiger partial charge in [0.25, 0.3) is 0 Å². The fourth-order valence-corrected chi connectivity index (χ4v) is 6.25. The van der Waals surface area contributed by atoms with Gasteiger partial charge >= 0.3 is 0 Å². The van der Waals surface area contributed by atoms with E-state index in [-0.39, 0.29) is 23.6 Å². The van der Waals surface area contributed by atoms with Gasteiger partial charge in [0.1, 0.15) is 6.04 Å². The molecule has 0 aliphatic heterocycles. The van der Waals surface area contributed by atoms with E-state index < -0.39 is 6.04 Å². The van der Waals surface area contributed by atoms with Crippen molar-refractivity contribution in [2.45, 2.75) is 63.4 Å². The Morgan fingerprint density at radius 2 is 1.68 bits per heavy atom. The number of amides is 2. The van der Waals surface area contributed by atoms with Crippen LogP contribution in [0.4, 0.5) is 0 Å². The minimum absolute atomic E-state index is 0.0665. The van der Waals surface area contributed by atoms with E-state index in [1.807, 2.05) is 67.6 Å². The Bertz CT molecular complexity index is 1210. The van der Waals surface area contributed by atoms with Gasteiger partial charge < -0.3 is 10.2 Å². The summed E-state index contributed by atoms with van der Waals surface area (Å²) in [5.41, 5.74) is 4.11. The molecule has 1 aliphatic rings. The number of carbonyl (C=O) groups is 2. The molecule has 4 rings (SSSR count). The maximum atomic E-state index is 13.8. The average Bonchev–Trinajstić information content (AvgIpc) is 3.42. The lowest BCUT2D eigenvalue weighted by Crippen LogP contribution is -2.52. The Morgan fingerprint density at radius 3 is 2.37 bits per heavy atom. The highest BCUT2D eigenvalue weighted by Gasteiger charge is 2.32. The van der Waals surface area contributed by atoms with Crippen LogP contribution in [0.1, 0.15) is 47.9 Å². The highest BCUT2D eigenvalue weighted by Crippen LogP contribution is 2.26. The number of carbonyl (C=O) groups excluding carboxylic acids is 2. The Morgan fingerprint density at radius 1 is 0.974 bits per heavy atom. The smallest absolute Gasteiger partial charge is 0.243 e. The number of rotatable bonds is 11. The molecule has 3 aromatic carbocycles. The summed E-state index contributed by atoms with van der Waals surface area (Å²) in [6.07, 6.45) is 4.71. The Labute approximate surface area is 240 Å². The van der Waals surface area contributed by atoms with Gasteiger partial charge in [-0.1, -0.05) is 102 Å². The van der Waals surface area contributed by atoms with Crippen molar-refractivity contribution in [2.75, 3.05) is 5.75 Å². The summed E-state index contributed by atoms with van der Waals surface area (Å²) >= 11 is 13.9. The fraction of sp³-hybridized carbons (Fsp3) is 0.355. The first-order valence-electron chi connectivity index (χ1n) is 13.1. The summed E-state index contributed by atoms with van der Waals surface area (Å²) in [4.78, 5) is 29.3. The summed E-state index contributed by atoms with van der Waals surface area (Å²) in [5.74, 6) is 0.681. The normalized spacial score (nSPS) is 14.3. The number of aryl methyl sites for hydroxylation is 1. The summed E-state index contributed by atoms with van der Waals surface area (Å²) in [6.45, 7) is 2.41. The topological polar surface area (TPSA) is 49.4 Å². The number of benzene rings is 3. The molecule has 1 atom stereocenters. The molecule has 200 valence electrons. The van der Waals surface area contributed by atoms with Crippen LogP contribution >= 0.6 is 35.0 Å². The van der Waals surface area contributed by atoms with Gasteiger partial charge in [0, 0.05) is 34.8 Å². The number of halogens is 2. The number of nitrogens with zero attached hydrogens (tertiary/aromatic N) is 1. The zero-order valence-electron chi connectivity index (χ0n) is 21.7. The predicted molar refractivity (Wildman–Crippen MR) is 159 cm³/mol. The number of hydrogen-bond donors (Lipinski definition) is 1. The van der Waals surface area contributed by atoms with Crippen molar-refractivity contribution in [3.05, 3.63) is 105 Å². The van der Waals surface area contributed by atoms with Crippen molar-refractivity contribution >= 4 is 46.8 Å². The Hall–Kier alpha value is -2.47. The molecular formula is C31H34Cl2N2O2S. The molecule has 7 heteroatoms. The standard InChI is InChI=1S/C31H34Cl2N2O2S/c1-22-11-13-24(14-12-22)19-35(30(36)21-38-20-25-15-16-26(32)18-28(25)33)29(17-23-7-3-2-4-8-23)31(37)34-27-9-5-6-10-27/h2-4,7-8,11-16,18,27,29H,5-6,9-10,17,19-21H2,1H3,(H,34,37)/t29-/m0/s1. The van der Waals surface area contributed by atoms with Gasteiger partial charge in [0.15, 0.2) is 0 Å². The maximum absolute atomic E-state index is 13.8. The lowest BCUT2D eigenvalue weighted by atomic mass is 10.0. The molecule has 2 amide bonds. The van der Waals surface area contributed by atoms with Gasteiger partial charge in [-0.15, -0.1) is 11.8 Å². The molecule has 0 unspecified atom stereocenters. The molecule has 0 aromatic heterocycles. The van der Waals surface area contributed by atoms with Crippen LogP contribution in [0.2, 0.25) is 10.0 Å². The summed E-state index contributed by atoms with van der Waals surface area (Å²) in [7, 11) is 0. The molecular weight excluding hydrogens is 535 g/mol. The van der Waals surface area contributed by atoms with E-state index in [2.05, 4.69) is 5.32 Å². The molecule has 0 saturated heterocycles. The molecule has 0 radical (unpaired) electrons. The predicted octanol–water partition coefficient (Wildman–Crippen LogP) is 7.23. The van der Waals surface area contributed by atoms with E-state index in [1.54, 1.807) is 17.0 Å². The second kappa shape index (κ2) is 14.1. The first-order chi connectivity index (χ1) is 18.4. The lowest BCUT2D eigenvalue weighted by molar-refractivity contribution is -0.139. The van der Waals surface area contributed by atoms with Crippen molar-refractivity contribution in [3.8, 4) is 0 Å². The first-order valence-corrected chi connectivity index (χ1v) is 15.0. The van der Waals surface area contributed by atoms with E-state index in [1.165, 1.54) is 11.8 Å². The third kappa shape index (κ3) is 8.26. The highest BCUT2D eigenvalue weighted by atomic mass is 35.5. The lowest BCUT2D eigenvalue weighted by Gasteiger charge is -2.32. The Balaban J connectivity index is 1.56. The molecule has 0 heterocycles. The van der Waals surface area contributed by atoms with Crippen LogP contribution in [0.25, 0.3) is 0 Å². The van der Waals surface area contributed by atoms with E-state index in [9.17, 15) is 9.59 Å². The molecule has 1 saturated carbocycles. The van der Waals surface area contributed by atoms with E-state index >= 15 is 0 Å². The molecule has 0 bridgehead atoms. The second-order valence-corrected chi connectivity index (χ2v) is 11.8. The number of thioether (sulfide) groups is 1. The monoisotopic (exact) mass is 568 g/mol. The van der Waals surface area contributed by atoms with Gasteiger partial charge in [0.05, 0.1) is 5.75 Å². The van der Waals surface area contributed by atoms with Crippen molar-refractivity contribution < 1.29 is 9.59 Å². The molecule has 1 fully saturated rings. The molecule has 38 heavy (non-hydrogen) atoms. The number of hydrogen-bond acceptors (Lipinski definition) is 3. The highest BCUT2D eigenvalue weighted by molar-refractivity contribution is 7.99. The fourth-order valence-electron chi connectivity index (χ4n) is 4.78. The molecule has 4 nitrogen and oxygen atoms in total. The van der Waals surface area contributed by atoms with Crippen LogP contribution in [0.15, 0.2) is 72.8 Å². The summed E-state index contributed by atoms with van der Waals surface area (Å²) in [6, 6.07) is 23.1. The van der Waals surface area contributed by atoms with Crippen LogP contribution in [-0.4, -0.2) is 34.6 Å². The molecule has 1 aliphatic carbocycles. The van der Waals surface area contributed by atoms with Crippen molar-refractivity contribution in [2.24, 2.45) is 0 Å². The Kier molecular flexibility index (Phi) is 10.6. The number of nitrogens with one attached hydrogen (secondary N) is 1. The summed E-state index contributed by atoms with van der Waals surface area (Å²) in [5, 5.41) is 4.43. The zero-order chi connectivity index (χ0) is 26.9. The zero-order valence-corrected chi connectivity index (χ0v) is 24.0. The minimum atomic E-state index is -0.605. The van der Waals surface area contributed by atoms with Gasteiger partial charge in [-0.05, 0) is 48.6 Å². The second-order valence-electron chi connectivity index (χ2n) is 9.93. The van der Waals surface area contributed by atoms with Crippen LogP contribution in [-0.2, 0) is 28.3 Å². The van der Waals surface area contributed by atoms with Crippen molar-refractivity contribution in [1.82, 2.24) is 10.2 Å².